The van der Waals surface area contributed by atoms with E-state index in [0.29, 0.717) is 6.07 Å². The monoisotopic (exact) mass is 550 g/mol. The maximum atomic E-state index is 13.9. The molecule has 0 atom stereocenters. The molecule has 0 fully saturated rings. The van der Waals surface area contributed by atoms with Crippen LogP contribution in [0.5, 0.6) is 11.5 Å². The summed E-state index contributed by atoms with van der Waals surface area (Å²) in [5, 5.41) is 0. The molecule has 194 valence electrons. The summed E-state index contributed by atoms with van der Waals surface area (Å²) in [5.41, 5.74) is -1.23. The topological polar surface area (TPSA) is 60.2 Å². The van der Waals surface area contributed by atoms with Gasteiger partial charge in [0.1, 0.15) is 17.3 Å². The van der Waals surface area contributed by atoms with E-state index in [0.717, 1.165) is 30.3 Å². The second-order valence-corrected chi connectivity index (χ2v) is 8.93. The number of fused-ring (bicyclic) bond motifs is 1. The van der Waals surface area contributed by atoms with Gasteiger partial charge in [-0.15, -0.1) is 0 Å². The Morgan fingerprint density at radius 2 is 1.49 bits per heavy atom. The molecule has 0 radical (unpaired) electrons. The molecule has 0 saturated heterocycles. The van der Waals surface area contributed by atoms with Crippen LogP contribution in [0.2, 0.25) is 0 Å². The molecule has 15 heteroatoms. The molecule has 3 aromatic rings. The van der Waals surface area contributed by atoms with Crippen molar-refractivity contribution in [1.82, 2.24) is 0 Å². The molecule has 0 spiro atoms. The molecule has 1 aliphatic heterocycles. The highest BCUT2D eigenvalue weighted by Gasteiger charge is 2.34. The molecule has 0 amide bonds. The fraction of sp³-hybridized carbons (Fsp3) is 0.136. The Kier molecular flexibility index (Phi) is 6.40. The maximum Gasteiger partial charge on any atom is 0.415 e. The molecule has 6 nitrogen and oxygen atoms in total. The van der Waals surface area contributed by atoms with E-state index in [1.165, 1.54) is 4.90 Å². The van der Waals surface area contributed by atoms with Crippen molar-refractivity contribution in [1.29, 1.82) is 0 Å². The molecule has 4 rings (SSSR count). The zero-order chi connectivity index (χ0) is 27.3. The summed E-state index contributed by atoms with van der Waals surface area (Å²) in [5.74, 6) is -14.6. The molecule has 3 aromatic carbocycles. The minimum absolute atomic E-state index is 0.0496. The van der Waals surface area contributed by atoms with E-state index in [1.54, 1.807) is 0 Å². The molecule has 37 heavy (non-hydrogen) atoms. The number of hydrogen-bond donors (Lipinski definition) is 0. The second-order valence-electron chi connectivity index (χ2n) is 7.38. The number of benzene rings is 3. The van der Waals surface area contributed by atoms with Gasteiger partial charge >= 0.3 is 16.3 Å². The molecule has 0 N–H and O–H groups in total. The van der Waals surface area contributed by atoms with Crippen molar-refractivity contribution >= 4 is 27.2 Å². The number of rotatable bonds is 4. The van der Waals surface area contributed by atoms with Crippen LogP contribution in [0.3, 0.4) is 0 Å². The van der Waals surface area contributed by atoms with Crippen LogP contribution in [-0.2, 0) is 16.3 Å². The van der Waals surface area contributed by atoms with Gasteiger partial charge in [-0.25, -0.2) is 18.0 Å². The number of halogens is 8. The molecule has 1 aliphatic rings. The lowest BCUT2D eigenvalue weighted by Gasteiger charge is -2.32. The lowest BCUT2D eigenvalue weighted by atomic mass is 10.1. The fourth-order valence-electron chi connectivity index (χ4n) is 3.44. The number of hydrogen-bond acceptors (Lipinski definition) is 5. The Morgan fingerprint density at radius 3 is 2.08 bits per heavy atom. The van der Waals surface area contributed by atoms with Crippen molar-refractivity contribution in [3.63, 3.8) is 0 Å². The van der Waals surface area contributed by atoms with Gasteiger partial charge in [-0.3, -0.25) is 0 Å². The largest absolute Gasteiger partial charge is 0.489 e. The summed E-state index contributed by atoms with van der Waals surface area (Å²) < 4.78 is 142. The Labute approximate surface area is 203 Å². The van der Waals surface area contributed by atoms with E-state index in [1.807, 2.05) is 0 Å². The van der Waals surface area contributed by atoms with Crippen molar-refractivity contribution in [2.24, 2.45) is 0 Å². The molecule has 0 bridgehead atoms. The van der Waals surface area contributed by atoms with Crippen molar-refractivity contribution in [3.8, 4) is 11.5 Å². The van der Waals surface area contributed by atoms with Crippen molar-refractivity contribution in [2.75, 3.05) is 18.1 Å². The van der Waals surface area contributed by atoms with Gasteiger partial charge in [0.15, 0.2) is 0 Å². The maximum absolute atomic E-state index is 13.9. The second kappa shape index (κ2) is 9.11. The molecule has 0 unspecified atom stereocenters. The van der Waals surface area contributed by atoms with Gasteiger partial charge in [0.05, 0.1) is 18.8 Å². The summed E-state index contributed by atoms with van der Waals surface area (Å²) >= 11 is 0. The van der Waals surface area contributed by atoms with Gasteiger partial charge < -0.3 is 13.8 Å². The summed E-state index contributed by atoms with van der Waals surface area (Å²) in [6, 6.07) is 5.24. The number of anilines is 2. The van der Waals surface area contributed by atoms with Crippen molar-refractivity contribution < 1.29 is 52.5 Å². The standard InChI is InChI=1S/C22H10F8N2O4S/c1-31-12-8-10(22(28,29)30)2-4-13(12)32-6-7-35-15-9-11(3-5-14(15)32)37(33,34)36-21-19(26)17(24)16(23)18(25)20(21)27/h2-5,8-9H,6-7H2. The first kappa shape index (κ1) is 26.0. The normalized spacial score (nSPS) is 13.5. The van der Waals surface area contributed by atoms with Crippen molar-refractivity contribution in [2.45, 2.75) is 11.1 Å². The number of alkyl halides is 3. The Balaban J connectivity index is 1.72. The van der Waals surface area contributed by atoms with Crippen LogP contribution in [0.15, 0.2) is 41.3 Å². The van der Waals surface area contributed by atoms with Gasteiger partial charge in [0.2, 0.25) is 40.5 Å². The Bertz CT molecular complexity index is 1540. The molecule has 1 heterocycles. The van der Waals surface area contributed by atoms with Crippen LogP contribution in [0.4, 0.5) is 52.2 Å². The number of ether oxygens (including phenoxy) is 1. The van der Waals surface area contributed by atoms with Gasteiger partial charge in [-0.1, -0.05) is 6.07 Å². The van der Waals surface area contributed by atoms with Crippen molar-refractivity contribution in [3.05, 3.63) is 82.5 Å². The predicted octanol–water partition coefficient (Wildman–Crippen LogP) is 6.25. The first-order valence-electron chi connectivity index (χ1n) is 9.85. The molecular formula is C22H10F8N2O4S. The van der Waals surface area contributed by atoms with E-state index in [-0.39, 0.29) is 36.0 Å². The molecule has 0 saturated carbocycles. The van der Waals surface area contributed by atoms with E-state index >= 15 is 0 Å². The zero-order valence-corrected chi connectivity index (χ0v) is 18.7. The third-order valence-corrected chi connectivity index (χ3v) is 6.38. The third kappa shape index (κ3) is 4.59. The molecule has 0 aromatic heterocycles. The molecular weight excluding hydrogens is 540 g/mol. The summed E-state index contributed by atoms with van der Waals surface area (Å²) in [7, 11) is -5.16. The van der Waals surface area contributed by atoms with E-state index in [9.17, 15) is 43.5 Å². The van der Waals surface area contributed by atoms with Crippen LogP contribution < -0.4 is 13.8 Å². The van der Waals surface area contributed by atoms with Gasteiger partial charge in [0.25, 0.3) is 0 Å². The van der Waals surface area contributed by atoms with Gasteiger partial charge in [-0.05, 0) is 24.3 Å². The highest BCUT2D eigenvalue weighted by Crippen LogP contribution is 2.44. The summed E-state index contributed by atoms with van der Waals surface area (Å²) in [6.07, 6.45) is -4.69. The van der Waals surface area contributed by atoms with E-state index in [2.05, 4.69) is 9.03 Å². The average molecular weight is 550 g/mol. The minimum Gasteiger partial charge on any atom is -0.489 e. The lowest BCUT2D eigenvalue weighted by Crippen LogP contribution is -2.29. The molecule has 0 aliphatic carbocycles. The quantitative estimate of drug-likeness (QED) is 0.126. The third-order valence-electron chi connectivity index (χ3n) is 5.16. The fourth-order valence-corrected chi connectivity index (χ4v) is 4.39. The number of nitrogens with zero attached hydrogens (tertiary/aromatic N) is 2. The van der Waals surface area contributed by atoms with Crippen LogP contribution >= 0.6 is 0 Å². The lowest BCUT2D eigenvalue weighted by molar-refractivity contribution is -0.137. The van der Waals surface area contributed by atoms with Crippen LogP contribution in [0.25, 0.3) is 4.85 Å². The van der Waals surface area contributed by atoms with Crippen LogP contribution in [0, 0.1) is 35.7 Å². The minimum atomic E-state index is -5.16. The zero-order valence-electron chi connectivity index (χ0n) is 17.8. The summed E-state index contributed by atoms with van der Waals surface area (Å²) in [6.45, 7) is 7.19. The Morgan fingerprint density at radius 1 is 0.892 bits per heavy atom. The summed E-state index contributed by atoms with van der Waals surface area (Å²) in [4.78, 5) is 3.71. The highest BCUT2D eigenvalue weighted by molar-refractivity contribution is 7.87. The first-order chi connectivity index (χ1) is 17.3. The van der Waals surface area contributed by atoms with Crippen LogP contribution in [-0.4, -0.2) is 21.6 Å². The highest BCUT2D eigenvalue weighted by atomic mass is 32.2. The van der Waals surface area contributed by atoms with Gasteiger partial charge in [-0.2, -0.15) is 30.4 Å². The Hall–Kier alpha value is -4.06. The predicted molar refractivity (Wildman–Crippen MR) is 111 cm³/mol. The SMILES string of the molecule is [C-]#[N+]c1cc(C(F)(F)F)ccc1N1CCOc2cc(S(=O)(=O)Oc3c(F)c(F)c(F)c(F)c3F)ccc21. The average Bonchev–Trinajstić information content (AvgIpc) is 2.87. The van der Waals surface area contributed by atoms with E-state index < -0.39 is 61.6 Å². The van der Waals surface area contributed by atoms with Gasteiger partial charge in [0, 0.05) is 17.3 Å². The van der Waals surface area contributed by atoms with Crippen LogP contribution in [0.1, 0.15) is 5.56 Å². The van der Waals surface area contributed by atoms with E-state index in [4.69, 9.17) is 11.3 Å². The smallest absolute Gasteiger partial charge is 0.415 e. The first-order valence-corrected chi connectivity index (χ1v) is 11.3.